The van der Waals surface area contributed by atoms with Gasteiger partial charge in [-0.2, -0.15) is 0 Å². The van der Waals surface area contributed by atoms with Crippen molar-refractivity contribution in [3.63, 3.8) is 0 Å². The molecule has 2 nitrogen and oxygen atoms in total. The molecule has 1 aromatic rings. The van der Waals surface area contributed by atoms with E-state index in [4.69, 9.17) is 11.6 Å². The molecule has 0 aromatic heterocycles. The van der Waals surface area contributed by atoms with Crippen molar-refractivity contribution in [3.8, 4) is 0 Å². The molecule has 0 saturated heterocycles. The summed E-state index contributed by atoms with van der Waals surface area (Å²) in [6, 6.07) is 7.79. The average molecular weight is 338 g/mol. The van der Waals surface area contributed by atoms with Crippen LogP contribution in [0.1, 0.15) is 38.2 Å². The molecule has 1 unspecified atom stereocenters. The molecule has 0 aliphatic heterocycles. The zero-order valence-corrected chi connectivity index (χ0v) is 14.6. The molecular formula is C18H24ClNOS. The molecule has 1 aromatic carbocycles. The van der Waals surface area contributed by atoms with E-state index < -0.39 is 0 Å². The summed E-state index contributed by atoms with van der Waals surface area (Å²) in [7, 11) is 0. The van der Waals surface area contributed by atoms with Crippen molar-refractivity contribution in [2.45, 2.75) is 38.4 Å². The lowest BCUT2D eigenvalue weighted by Gasteiger charge is -2.18. The van der Waals surface area contributed by atoms with Crippen LogP contribution in [-0.4, -0.2) is 12.5 Å². The van der Waals surface area contributed by atoms with E-state index in [1.54, 1.807) is 17.8 Å². The molecule has 120 valence electrons. The smallest absolute Gasteiger partial charge is 0.244 e. The third-order valence-electron chi connectivity index (χ3n) is 4.28. The number of hydrogen-bond acceptors (Lipinski definition) is 2. The summed E-state index contributed by atoms with van der Waals surface area (Å²) in [6.07, 6.45) is 6.98. The number of halogens is 1. The van der Waals surface area contributed by atoms with E-state index in [0.717, 1.165) is 23.2 Å². The predicted molar refractivity (Wildman–Crippen MR) is 96.0 cm³/mol. The number of carbonyl (C=O) groups is 1. The van der Waals surface area contributed by atoms with Crippen LogP contribution in [0.5, 0.6) is 0 Å². The van der Waals surface area contributed by atoms with Crippen molar-refractivity contribution in [3.05, 3.63) is 46.3 Å². The molecule has 1 atom stereocenters. The van der Waals surface area contributed by atoms with Crippen LogP contribution in [0.25, 0.3) is 0 Å². The van der Waals surface area contributed by atoms with Crippen molar-refractivity contribution in [2.24, 2.45) is 11.8 Å². The van der Waals surface area contributed by atoms with Gasteiger partial charge >= 0.3 is 0 Å². The molecule has 1 aliphatic carbocycles. The monoisotopic (exact) mass is 337 g/mol. The van der Waals surface area contributed by atoms with Crippen LogP contribution in [0.2, 0.25) is 5.02 Å². The maximum atomic E-state index is 11.8. The Bertz CT molecular complexity index is 494. The van der Waals surface area contributed by atoms with Gasteiger partial charge in [-0.05, 0) is 34.9 Å². The molecule has 1 N–H and O–H groups in total. The van der Waals surface area contributed by atoms with Gasteiger partial charge in [-0.15, -0.1) is 11.8 Å². The number of carbonyl (C=O) groups excluding carboxylic acids is 1. The summed E-state index contributed by atoms with van der Waals surface area (Å²) in [6.45, 7) is 3.03. The van der Waals surface area contributed by atoms with Crippen molar-refractivity contribution in [1.82, 2.24) is 5.32 Å². The second-order valence-electron chi connectivity index (χ2n) is 6.01. The van der Waals surface area contributed by atoms with Gasteiger partial charge in [0.05, 0.1) is 0 Å². The van der Waals surface area contributed by atoms with E-state index in [1.807, 2.05) is 29.7 Å². The first-order valence-corrected chi connectivity index (χ1v) is 9.38. The summed E-state index contributed by atoms with van der Waals surface area (Å²) in [5, 5.41) is 5.62. The fourth-order valence-corrected chi connectivity index (χ4v) is 3.68. The minimum Gasteiger partial charge on any atom is -0.352 e. The molecule has 1 fully saturated rings. The molecular weight excluding hydrogens is 314 g/mol. The largest absolute Gasteiger partial charge is 0.352 e. The third kappa shape index (κ3) is 6.05. The fraction of sp³-hybridized carbons (Fsp3) is 0.500. The molecule has 0 radical (unpaired) electrons. The Morgan fingerprint density at radius 2 is 2.05 bits per heavy atom. The molecule has 1 aliphatic rings. The topological polar surface area (TPSA) is 29.1 Å². The average Bonchev–Trinajstić information content (AvgIpc) is 3.05. The van der Waals surface area contributed by atoms with Crippen molar-refractivity contribution < 1.29 is 4.79 Å². The molecule has 0 heterocycles. The third-order valence-corrected chi connectivity index (χ3v) is 5.36. The van der Waals surface area contributed by atoms with Crippen molar-refractivity contribution in [2.75, 3.05) is 6.54 Å². The first-order valence-electron chi connectivity index (χ1n) is 7.95. The van der Waals surface area contributed by atoms with Gasteiger partial charge in [0.2, 0.25) is 5.91 Å². The molecule has 1 saturated carbocycles. The quantitative estimate of drug-likeness (QED) is 0.707. The van der Waals surface area contributed by atoms with E-state index in [9.17, 15) is 4.79 Å². The van der Waals surface area contributed by atoms with Gasteiger partial charge in [-0.1, -0.05) is 56.3 Å². The molecule has 1 amide bonds. The first-order chi connectivity index (χ1) is 10.6. The Balaban J connectivity index is 1.62. The summed E-state index contributed by atoms with van der Waals surface area (Å²) in [5.41, 5.74) is 1.20. The Morgan fingerprint density at radius 3 is 2.73 bits per heavy atom. The Morgan fingerprint density at radius 1 is 1.36 bits per heavy atom. The van der Waals surface area contributed by atoms with Gasteiger partial charge < -0.3 is 5.32 Å². The maximum absolute atomic E-state index is 11.8. The Kier molecular flexibility index (Phi) is 7.34. The summed E-state index contributed by atoms with van der Waals surface area (Å²) in [5.74, 6) is 2.23. The molecule has 0 spiro atoms. The van der Waals surface area contributed by atoms with Crippen LogP contribution in [0.3, 0.4) is 0 Å². The Labute approximate surface area is 142 Å². The summed E-state index contributed by atoms with van der Waals surface area (Å²) < 4.78 is 0. The highest BCUT2D eigenvalue weighted by Crippen LogP contribution is 2.30. The van der Waals surface area contributed by atoms with Crippen molar-refractivity contribution >= 4 is 29.3 Å². The van der Waals surface area contributed by atoms with Crippen LogP contribution in [-0.2, 0) is 10.5 Å². The number of hydrogen-bond donors (Lipinski definition) is 1. The van der Waals surface area contributed by atoms with Gasteiger partial charge in [-0.3, -0.25) is 4.79 Å². The number of thioether (sulfide) groups is 1. The first kappa shape index (κ1) is 17.4. The van der Waals surface area contributed by atoms with Crippen LogP contribution >= 0.6 is 23.4 Å². The molecule has 4 heteroatoms. The zero-order chi connectivity index (χ0) is 15.8. The molecule has 2 rings (SSSR count). The van der Waals surface area contributed by atoms with Crippen LogP contribution in [0.15, 0.2) is 35.7 Å². The van der Waals surface area contributed by atoms with Crippen LogP contribution in [0, 0.1) is 11.8 Å². The van der Waals surface area contributed by atoms with E-state index in [1.165, 1.54) is 31.2 Å². The number of benzene rings is 1. The van der Waals surface area contributed by atoms with E-state index in [0.29, 0.717) is 5.92 Å². The van der Waals surface area contributed by atoms with Gasteiger partial charge in [0.15, 0.2) is 0 Å². The number of nitrogens with one attached hydrogen (secondary N) is 1. The highest BCUT2D eigenvalue weighted by atomic mass is 35.5. The highest BCUT2D eigenvalue weighted by molar-refractivity contribution is 8.01. The van der Waals surface area contributed by atoms with Gasteiger partial charge in [0, 0.05) is 23.4 Å². The normalized spacial score (nSPS) is 17.0. The fourth-order valence-electron chi connectivity index (χ4n) is 2.85. The van der Waals surface area contributed by atoms with Crippen LogP contribution in [0.4, 0.5) is 0 Å². The van der Waals surface area contributed by atoms with Crippen molar-refractivity contribution in [1.29, 1.82) is 0 Å². The summed E-state index contributed by atoms with van der Waals surface area (Å²) in [4.78, 5) is 11.8. The SMILES string of the molecule is CC(CNC(=O)/C=C\SCc1ccc(Cl)cc1)C1CCCC1. The minimum absolute atomic E-state index is 0.00783. The van der Waals surface area contributed by atoms with Gasteiger partial charge in [0.25, 0.3) is 0 Å². The zero-order valence-electron chi connectivity index (χ0n) is 13.1. The Hall–Kier alpha value is -0.930. The number of amides is 1. The van der Waals surface area contributed by atoms with Gasteiger partial charge in [-0.25, -0.2) is 0 Å². The predicted octanol–water partition coefficient (Wildman–Crippen LogP) is 5.03. The molecule has 0 bridgehead atoms. The second-order valence-corrected chi connectivity index (χ2v) is 7.34. The van der Waals surface area contributed by atoms with Crippen LogP contribution < -0.4 is 5.32 Å². The van der Waals surface area contributed by atoms with E-state index >= 15 is 0 Å². The summed E-state index contributed by atoms with van der Waals surface area (Å²) >= 11 is 7.46. The minimum atomic E-state index is 0.00783. The van der Waals surface area contributed by atoms with Gasteiger partial charge in [0.1, 0.15) is 0 Å². The lowest BCUT2D eigenvalue weighted by Crippen LogP contribution is -2.29. The standard InChI is InChI=1S/C18H24ClNOS/c1-14(16-4-2-3-5-16)12-20-18(21)10-11-22-13-15-6-8-17(19)9-7-15/h6-11,14,16H,2-5,12-13H2,1H3,(H,20,21)/b11-10-. The lowest BCUT2D eigenvalue weighted by atomic mass is 9.93. The lowest BCUT2D eigenvalue weighted by molar-refractivity contribution is -0.116. The van der Waals surface area contributed by atoms with E-state index in [-0.39, 0.29) is 5.91 Å². The maximum Gasteiger partial charge on any atom is 0.244 e. The number of rotatable bonds is 7. The highest BCUT2D eigenvalue weighted by Gasteiger charge is 2.21. The van der Waals surface area contributed by atoms with E-state index in [2.05, 4.69) is 12.2 Å². The molecule has 22 heavy (non-hydrogen) atoms. The second kappa shape index (κ2) is 9.26.